The van der Waals surface area contributed by atoms with E-state index in [-0.39, 0.29) is 109 Å². The molecule has 0 aliphatic heterocycles. The number of alkyl carbamates (subject to hydrolysis) is 1. The second-order valence-electron chi connectivity index (χ2n) is 29.7. The molecule has 26 heteroatoms. The molecule has 664 valence electrons. The van der Waals surface area contributed by atoms with Gasteiger partial charge < -0.3 is 63.3 Å². The van der Waals surface area contributed by atoms with E-state index in [1.807, 2.05) is 0 Å². The van der Waals surface area contributed by atoms with Gasteiger partial charge in [0.25, 0.3) is 0 Å². The highest BCUT2D eigenvalue weighted by molar-refractivity contribution is 5.93. The van der Waals surface area contributed by atoms with E-state index in [9.17, 15) is 57.5 Å². The monoisotopic (exact) mass is 1640 g/mol. The predicted molar refractivity (Wildman–Crippen MR) is 449 cm³/mol. The zero-order valence-corrected chi connectivity index (χ0v) is 71.5. The first-order chi connectivity index (χ1) is 56.4. The minimum Gasteiger partial charge on any atom is -0.462 e. The van der Waals surface area contributed by atoms with Gasteiger partial charge in [-0.2, -0.15) is 0 Å². The van der Waals surface area contributed by atoms with Crippen LogP contribution in [0.25, 0.3) is 0 Å². The van der Waals surface area contributed by atoms with Gasteiger partial charge in [0.15, 0.2) is 0 Å². The SMILES string of the molecule is C=CC(=O)OCCOC(=O)CCCCCCCCCC1CCC(CCCCCC)C(CCCCCCCC)C1CCCCCCCCCC(=O)OCCOC(=O)C=C.C=CC(=O)OCCOC(=O)CCCCCCCNC(=O)N(CCCCCCNC(=O)OCCOC(=O)C=C)C(=O)NCCCCCCCC(=O)OCCOC(=O)C=C. The molecule has 1 rings (SSSR count). The molecule has 0 bridgehead atoms. The minimum absolute atomic E-state index is 0.00830. The van der Waals surface area contributed by atoms with Gasteiger partial charge in [-0.1, -0.05) is 252 Å². The molecule has 0 aromatic rings. The molecule has 4 atom stereocenters. The van der Waals surface area contributed by atoms with Crippen molar-refractivity contribution >= 4 is 71.9 Å². The van der Waals surface area contributed by atoms with Gasteiger partial charge in [-0.3, -0.25) is 19.2 Å². The van der Waals surface area contributed by atoms with E-state index in [0.29, 0.717) is 77.4 Å². The number of esters is 9. The third kappa shape index (κ3) is 67.0. The van der Waals surface area contributed by atoms with Crippen molar-refractivity contribution in [2.45, 2.75) is 322 Å². The summed E-state index contributed by atoms with van der Waals surface area (Å²) in [5.41, 5.74) is 0. The van der Waals surface area contributed by atoms with Crippen LogP contribution in [0.3, 0.4) is 0 Å². The second kappa shape index (κ2) is 79.4. The van der Waals surface area contributed by atoms with E-state index in [2.05, 4.69) is 62.7 Å². The Balaban J connectivity index is 0.00000228. The summed E-state index contributed by atoms with van der Waals surface area (Å²) in [6.07, 6.45) is 55.3. The molecule has 1 aliphatic carbocycles. The third-order valence-electron chi connectivity index (χ3n) is 20.4. The maximum atomic E-state index is 13.1. The van der Waals surface area contributed by atoms with Crippen LogP contribution in [0.4, 0.5) is 14.4 Å². The first-order valence-electron chi connectivity index (χ1n) is 44.2. The highest BCUT2D eigenvalue weighted by atomic mass is 16.6. The fourth-order valence-electron chi connectivity index (χ4n) is 14.0. The zero-order valence-electron chi connectivity index (χ0n) is 71.5. The molecule has 5 amide bonds. The molecule has 26 nitrogen and oxygen atoms in total. The lowest BCUT2D eigenvalue weighted by Gasteiger charge is -2.44. The van der Waals surface area contributed by atoms with Crippen LogP contribution in [0.2, 0.25) is 0 Å². The Kier molecular flexibility index (Phi) is 73.9. The number of rotatable bonds is 75. The molecular formula is C90H152N4O22. The standard InChI is InChI=1S/C50H88O8.C40H64N4O14/c1-5-9-11-13-21-27-33-45-43(31-25-12-10-6-2)37-38-44(32-26-20-16-14-18-23-29-35-49(53)57-41-39-55-47(51)7-3)46(45)34-28-22-17-15-19-24-30-36-50(54)58-42-40-56-48(52)8-4;1-4-33(45)53-27-29-56-36(48)21-15-9-7-11-17-23-41-38(50)44(26-20-14-13-19-25-43-40(52)58-32-31-55-35(47)6-3)39(51)42-24-18-12-8-10-16-22-37(49)57-30-28-54-34(46)5-2/h7-8,43-46H,3-6,9-42H2,1-2H3;4-6H,1-3,7-32H2,(H,41,50)(H,42,51)(H,43,52). The van der Waals surface area contributed by atoms with Gasteiger partial charge in [-0.05, 0) is 101 Å². The van der Waals surface area contributed by atoms with Crippen molar-refractivity contribution in [3.63, 3.8) is 0 Å². The summed E-state index contributed by atoms with van der Waals surface area (Å²) in [5.74, 6) is -0.304. The predicted octanol–water partition coefficient (Wildman–Crippen LogP) is 18.5. The van der Waals surface area contributed by atoms with Gasteiger partial charge in [0.05, 0.1) is 0 Å². The second-order valence-corrected chi connectivity index (χ2v) is 29.7. The van der Waals surface area contributed by atoms with Crippen LogP contribution in [0, 0.1) is 23.7 Å². The molecule has 0 radical (unpaired) electrons. The molecule has 1 aliphatic rings. The summed E-state index contributed by atoms with van der Waals surface area (Å²) < 4.78 is 49.2. The number of imide groups is 1. The number of urea groups is 2. The molecular weight excluding hydrogens is 1490 g/mol. The molecule has 0 aromatic heterocycles. The maximum absolute atomic E-state index is 13.1. The molecule has 0 aromatic carbocycles. The number of carbonyl (C=O) groups excluding carboxylic acids is 12. The van der Waals surface area contributed by atoms with Gasteiger partial charge in [-0.25, -0.2) is 43.3 Å². The number of ether oxygens (including phenoxy) is 10. The molecule has 0 saturated heterocycles. The van der Waals surface area contributed by atoms with Crippen LogP contribution in [0.15, 0.2) is 63.3 Å². The highest BCUT2D eigenvalue weighted by Gasteiger charge is 2.38. The van der Waals surface area contributed by atoms with Crippen LogP contribution in [-0.2, 0) is 90.5 Å². The van der Waals surface area contributed by atoms with Crippen molar-refractivity contribution in [3.8, 4) is 0 Å². The number of nitrogens with zero attached hydrogens (tertiary/aromatic N) is 1. The number of carbonyl (C=O) groups is 12. The topological polar surface area (TPSA) is 336 Å². The van der Waals surface area contributed by atoms with Crippen LogP contribution in [-0.4, -0.2) is 169 Å². The summed E-state index contributed by atoms with van der Waals surface area (Å²) in [5, 5.41) is 8.27. The highest BCUT2D eigenvalue weighted by Crippen LogP contribution is 2.48. The van der Waals surface area contributed by atoms with Crippen molar-refractivity contribution in [3.05, 3.63) is 63.3 Å². The van der Waals surface area contributed by atoms with E-state index in [1.165, 1.54) is 172 Å². The lowest BCUT2D eigenvalue weighted by molar-refractivity contribution is -0.149. The van der Waals surface area contributed by atoms with E-state index in [4.69, 9.17) is 47.4 Å². The smallest absolute Gasteiger partial charge is 0.407 e. The van der Waals surface area contributed by atoms with Gasteiger partial charge in [0.1, 0.15) is 66.1 Å². The number of nitrogens with one attached hydrogen (secondary N) is 3. The molecule has 1 fully saturated rings. The van der Waals surface area contributed by atoms with Crippen molar-refractivity contribution in [2.24, 2.45) is 23.7 Å². The Labute approximate surface area is 695 Å². The Morgan fingerprint density at radius 3 is 0.810 bits per heavy atom. The van der Waals surface area contributed by atoms with E-state index in [1.54, 1.807) is 0 Å². The lowest BCUT2D eigenvalue weighted by Crippen LogP contribution is -2.49. The Bertz CT molecular complexity index is 2620. The molecule has 0 spiro atoms. The molecule has 116 heavy (non-hydrogen) atoms. The van der Waals surface area contributed by atoms with Crippen LogP contribution in [0.5, 0.6) is 0 Å². The number of hydrogen-bond donors (Lipinski definition) is 3. The van der Waals surface area contributed by atoms with E-state index < -0.39 is 48.0 Å². The first-order valence-corrected chi connectivity index (χ1v) is 44.2. The van der Waals surface area contributed by atoms with Crippen LogP contribution in [0.1, 0.15) is 322 Å². The number of hydrogen-bond acceptors (Lipinski definition) is 22. The third-order valence-corrected chi connectivity index (χ3v) is 20.4. The summed E-state index contributed by atoms with van der Waals surface area (Å²) in [6, 6.07) is -0.985. The first kappa shape index (κ1) is 108. The van der Waals surface area contributed by atoms with E-state index in [0.717, 1.165) is 125 Å². The number of amides is 5. The molecule has 1 saturated carbocycles. The lowest BCUT2D eigenvalue weighted by atomic mass is 9.61. The fraction of sp³-hybridized carbons (Fsp3) is 0.756. The quantitative estimate of drug-likeness (QED) is 0.0220. The van der Waals surface area contributed by atoms with Gasteiger partial charge in [-0.15, -0.1) is 0 Å². The Morgan fingerprint density at radius 2 is 0.509 bits per heavy atom. The molecule has 3 N–H and O–H groups in total. The molecule has 0 heterocycles. The number of unbranched alkanes of at least 4 members (excludes halogenated alkanes) is 31. The van der Waals surface area contributed by atoms with Crippen LogP contribution >= 0.6 is 0 Å². The average Bonchev–Trinajstić information content (AvgIpc) is 0.816. The maximum Gasteiger partial charge on any atom is 0.407 e. The van der Waals surface area contributed by atoms with Crippen molar-refractivity contribution in [1.29, 1.82) is 0 Å². The van der Waals surface area contributed by atoms with Gasteiger partial charge in [0.2, 0.25) is 0 Å². The Hall–Kier alpha value is -8.06. The summed E-state index contributed by atoms with van der Waals surface area (Å²) in [6.45, 7) is 22.7. The van der Waals surface area contributed by atoms with Crippen molar-refractivity contribution < 1.29 is 105 Å². The average molecular weight is 1640 g/mol. The van der Waals surface area contributed by atoms with Crippen molar-refractivity contribution in [1.82, 2.24) is 20.9 Å². The Morgan fingerprint density at radius 1 is 0.276 bits per heavy atom. The molecule has 4 unspecified atom stereocenters. The van der Waals surface area contributed by atoms with E-state index >= 15 is 0 Å². The zero-order chi connectivity index (χ0) is 85.4. The largest absolute Gasteiger partial charge is 0.462 e. The van der Waals surface area contributed by atoms with Gasteiger partial charge >= 0.3 is 71.9 Å². The summed E-state index contributed by atoms with van der Waals surface area (Å²) in [7, 11) is 0. The summed E-state index contributed by atoms with van der Waals surface area (Å²) in [4.78, 5) is 142. The normalized spacial score (nSPS) is 13.9. The van der Waals surface area contributed by atoms with Gasteiger partial charge in [0, 0.05) is 82.2 Å². The van der Waals surface area contributed by atoms with Crippen LogP contribution < -0.4 is 16.0 Å². The fourth-order valence-corrected chi connectivity index (χ4v) is 14.0. The minimum atomic E-state index is -0.626. The van der Waals surface area contributed by atoms with Crippen molar-refractivity contribution in [2.75, 3.05) is 92.2 Å². The summed E-state index contributed by atoms with van der Waals surface area (Å²) >= 11 is 0.